The maximum absolute atomic E-state index is 13.2. The van der Waals surface area contributed by atoms with Crippen LogP contribution in [-0.2, 0) is 9.59 Å². The number of unbranched alkanes of at least 4 members (excludes halogenated alkanes) is 1. The molecule has 0 spiro atoms. The highest BCUT2D eigenvalue weighted by atomic mass is 19.1. The van der Waals surface area contributed by atoms with E-state index in [0.717, 1.165) is 70.8 Å². The molecule has 34 heavy (non-hydrogen) atoms. The lowest BCUT2D eigenvalue weighted by Gasteiger charge is -2.37. The van der Waals surface area contributed by atoms with E-state index in [1.807, 2.05) is 4.90 Å². The Kier molecular flexibility index (Phi) is 9.90. The van der Waals surface area contributed by atoms with Crippen molar-refractivity contribution in [2.45, 2.75) is 90.1 Å². The second-order valence-corrected chi connectivity index (χ2v) is 9.86. The van der Waals surface area contributed by atoms with Crippen molar-refractivity contribution in [3.63, 3.8) is 0 Å². The van der Waals surface area contributed by atoms with Gasteiger partial charge in [0.25, 0.3) is 5.91 Å². The minimum Gasteiger partial charge on any atom is -0.351 e. The number of likely N-dealkylation sites (tertiary alicyclic amines) is 1. The number of benzene rings is 1. The van der Waals surface area contributed by atoms with Crippen LogP contribution in [0.25, 0.3) is 0 Å². The highest BCUT2D eigenvalue weighted by Gasteiger charge is 2.34. The average molecular weight is 474 g/mol. The van der Waals surface area contributed by atoms with Gasteiger partial charge in [0.1, 0.15) is 5.82 Å². The number of rotatable bonds is 9. The van der Waals surface area contributed by atoms with E-state index in [2.05, 4.69) is 24.5 Å². The first-order valence-corrected chi connectivity index (χ1v) is 13.1. The van der Waals surface area contributed by atoms with E-state index in [-0.39, 0.29) is 47.5 Å². The number of nitrogens with zero attached hydrogens (tertiary/aromatic N) is 1. The molecule has 0 bridgehead atoms. The molecule has 6 nitrogen and oxygen atoms in total. The Morgan fingerprint density at radius 3 is 2.32 bits per heavy atom. The lowest BCUT2D eigenvalue weighted by Crippen LogP contribution is -2.55. The lowest BCUT2D eigenvalue weighted by molar-refractivity contribution is -0.139. The molecular formula is C27H40FN3O3. The molecule has 1 heterocycles. The van der Waals surface area contributed by atoms with Gasteiger partial charge in [0.05, 0.1) is 5.92 Å². The van der Waals surface area contributed by atoms with Gasteiger partial charge in [-0.1, -0.05) is 39.5 Å². The fourth-order valence-electron chi connectivity index (χ4n) is 5.23. The molecule has 2 unspecified atom stereocenters. The summed E-state index contributed by atoms with van der Waals surface area (Å²) in [6.45, 7) is 5.41. The van der Waals surface area contributed by atoms with Crippen LogP contribution in [0.2, 0.25) is 0 Å². The zero-order valence-electron chi connectivity index (χ0n) is 20.7. The van der Waals surface area contributed by atoms with Crippen LogP contribution >= 0.6 is 0 Å². The summed E-state index contributed by atoms with van der Waals surface area (Å²) in [6, 6.07) is 5.20. The third-order valence-corrected chi connectivity index (χ3v) is 7.37. The van der Waals surface area contributed by atoms with Crippen LogP contribution in [-0.4, -0.2) is 47.8 Å². The van der Waals surface area contributed by atoms with Crippen molar-refractivity contribution < 1.29 is 18.8 Å². The first-order chi connectivity index (χ1) is 16.4. The maximum Gasteiger partial charge on any atom is 0.251 e. The van der Waals surface area contributed by atoms with E-state index in [0.29, 0.717) is 12.1 Å². The molecule has 1 aromatic rings. The molecule has 2 aliphatic rings. The van der Waals surface area contributed by atoms with Gasteiger partial charge in [-0.15, -0.1) is 0 Å². The van der Waals surface area contributed by atoms with Crippen molar-refractivity contribution in [1.82, 2.24) is 15.5 Å². The van der Waals surface area contributed by atoms with E-state index in [4.69, 9.17) is 0 Å². The van der Waals surface area contributed by atoms with Gasteiger partial charge in [-0.25, -0.2) is 4.39 Å². The second kappa shape index (κ2) is 12.9. The number of halogens is 1. The Morgan fingerprint density at radius 2 is 1.68 bits per heavy atom. The van der Waals surface area contributed by atoms with Gasteiger partial charge in [0.2, 0.25) is 11.8 Å². The SMILES string of the molecule is CCCCC(CC)C(=O)N1CCCC(C(=O)N[C@@H]2CCCC[C@H]2NC(=O)c2ccc(F)cc2)C1. The summed E-state index contributed by atoms with van der Waals surface area (Å²) < 4.78 is 13.2. The summed E-state index contributed by atoms with van der Waals surface area (Å²) in [5, 5.41) is 6.23. The third kappa shape index (κ3) is 7.03. The van der Waals surface area contributed by atoms with E-state index in [9.17, 15) is 18.8 Å². The standard InChI is InChI=1S/C27H40FN3O3/c1-3-5-9-19(4-2)27(34)31-17-8-10-21(18-31)26(33)30-24-12-7-6-11-23(24)29-25(32)20-13-15-22(28)16-14-20/h13-16,19,21,23-24H,3-12,17-18H2,1-2H3,(H,29,32)(H,30,33)/t19?,21?,23-,24-/m1/s1. The largest absolute Gasteiger partial charge is 0.351 e. The first-order valence-electron chi connectivity index (χ1n) is 13.1. The highest BCUT2D eigenvalue weighted by Crippen LogP contribution is 2.24. The Bertz CT molecular complexity index is 829. The molecule has 1 aliphatic carbocycles. The number of carbonyl (C=O) groups excluding carboxylic acids is 3. The van der Waals surface area contributed by atoms with Crippen molar-refractivity contribution in [2.75, 3.05) is 13.1 Å². The maximum atomic E-state index is 13.2. The molecule has 1 saturated carbocycles. The van der Waals surface area contributed by atoms with E-state index in [1.165, 1.54) is 24.3 Å². The summed E-state index contributed by atoms with van der Waals surface area (Å²) in [4.78, 5) is 40.8. The van der Waals surface area contributed by atoms with E-state index >= 15 is 0 Å². The summed E-state index contributed by atoms with van der Waals surface area (Å²) >= 11 is 0. The number of piperidine rings is 1. The lowest BCUT2D eigenvalue weighted by atomic mass is 9.88. The van der Waals surface area contributed by atoms with Gasteiger partial charge < -0.3 is 15.5 Å². The van der Waals surface area contributed by atoms with Crippen LogP contribution in [0.1, 0.15) is 88.4 Å². The highest BCUT2D eigenvalue weighted by molar-refractivity contribution is 5.94. The van der Waals surface area contributed by atoms with Gasteiger partial charge in [-0.2, -0.15) is 0 Å². The molecule has 3 amide bonds. The molecule has 2 fully saturated rings. The van der Waals surface area contributed by atoms with Gasteiger partial charge in [0.15, 0.2) is 0 Å². The number of hydrogen-bond acceptors (Lipinski definition) is 3. The van der Waals surface area contributed by atoms with Crippen molar-refractivity contribution in [3.8, 4) is 0 Å². The molecule has 0 radical (unpaired) electrons. The van der Waals surface area contributed by atoms with E-state index < -0.39 is 0 Å². The fraction of sp³-hybridized carbons (Fsp3) is 0.667. The number of hydrogen-bond donors (Lipinski definition) is 2. The number of nitrogens with one attached hydrogen (secondary N) is 2. The van der Waals surface area contributed by atoms with Gasteiger partial charge in [0, 0.05) is 36.7 Å². The molecule has 0 aromatic heterocycles. The molecule has 188 valence electrons. The predicted octanol–water partition coefficient (Wildman–Crippen LogP) is 4.44. The van der Waals surface area contributed by atoms with Crippen molar-refractivity contribution in [2.24, 2.45) is 11.8 Å². The van der Waals surface area contributed by atoms with Crippen LogP contribution in [0.3, 0.4) is 0 Å². The fourth-order valence-corrected chi connectivity index (χ4v) is 5.23. The monoisotopic (exact) mass is 473 g/mol. The van der Waals surface area contributed by atoms with Crippen LogP contribution in [0, 0.1) is 17.7 Å². The topological polar surface area (TPSA) is 78.5 Å². The smallest absolute Gasteiger partial charge is 0.251 e. The van der Waals surface area contributed by atoms with Gasteiger partial charge in [-0.05, 0) is 62.8 Å². The Hall–Kier alpha value is -2.44. The normalized spacial score (nSPS) is 23.7. The molecule has 1 aromatic carbocycles. The van der Waals surface area contributed by atoms with Crippen molar-refractivity contribution in [1.29, 1.82) is 0 Å². The van der Waals surface area contributed by atoms with Crippen LogP contribution < -0.4 is 10.6 Å². The third-order valence-electron chi connectivity index (χ3n) is 7.37. The zero-order valence-corrected chi connectivity index (χ0v) is 20.7. The Balaban J connectivity index is 1.57. The number of carbonyl (C=O) groups is 3. The molecule has 4 atom stereocenters. The minimum absolute atomic E-state index is 0.0213. The summed E-state index contributed by atoms with van der Waals surface area (Å²) in [5.74, 6) is -0.626. The Morgan fingerprint density at radius 1 is 1.00 bits per heavy atom. The first kappa shape index (κ1) is 26.2. The molecular weight excluding hydrogens is 433 g/mol. The quantitative estimate of drug-likeness (QED) is 0.557. The summed E-state index contributed by atoms with van der Waals surface area (Å²) in [5.41, 5.74) is 0.409. The molecule has 2 N–H and O–H groups in total. The summed E-state index contributed by atoms with van der Waals surface area (Å²) in [6.07, 6.45) is 9.09. The molecule has 1 aliphatic heterocycles. The zero-order chi connectivity index (χ0) is 24.5. The predicted molar refractivity (Wildman–Crippen MR) is 131 cm³/mol. The molecule has 7 heteroatoms. The number of amides is 3. The van der Waals surface area contributed by atoms with Crippen LogP contribution in [0.15, 0.2) is 24.3 Å². The van der Waals surface area contributed by atoms with Gasteiger partial charge in [-0.3, -0.25) is 14.4 Å². The van der Waals surface area contributed by atoms with Crippen molar-refractivity contribution >= 4 is 17.7 Å². The molecule has 3 rings (SSSR count). The Labute approximate surface area is 203 Å². The van der Waals surface area contributed by atoms with Crippen LogP contribution in [0.4, 0.5) is 4.39 Å². The summed E-state index contributed by atoms with van der Waals surface area (Å²) in [7, 11) is 0. The van der Waals surface area contributed by atoms with E-state index in [1.54, 1.807) is 0 Å². The van der Waals surface area contributed by atoms with Crippen LogP contribution in [0.5, 0.6) is 0 Å². The second-order valence-electron chi connectivity index (χ2n) is 9.86. The average Bonchev–Trinajstić information content (AvgIpc) is 2.86. The molecule has 1 saturated heterocycles. The van der Waals surface area contributed by atoms with Gasteiger partial charge >= 0.3 is 0 Å². The van der Waals surface area contributed by atoms with Crippen molar-refractivity contribution in [3.05, 3.63) is 35.6 Å². The minimum atomic E-state index is -0.380.